The fraction of sp³-hybridized carbons (Fsp3) is 0.357. The average molecular weight is 326 g/mol. The van der Waals surface area contributed by atoms with Crippen molar-refractivity contribution < 1.29 is 13.5 Å². The summed E-state index contributed by atoms with van der Waals surface area (Å²) in [5.74, 6) is 0.132. The molecule has 0 aliphatic rings. The molecule has 0 bridgehead atoms. The molecule has 21 heavy (non-hydrogen) atoms. The second kappa shape index (κ2) is 6.64. The largest absolute Gasteiger partial charge is 0.390 e. The second-order valence-corrected chi connectivity index (χ2v) is 7.70. The molecule has 0 saturated heterocycles. The first-order valence-electron chi connectivity index (χ1n) is 6.60. The van der Waals surface area contributed by atoms with Crippen LogP contribution in [-0.4, -0.2) is 28.8 Å². The Kier molecular flexibility index (Phi) is 5.08. The van der Waals surface area contributed by atoms with Crippen molar-refractivity contribution in [3.8, 4) is 0 Å². The van der Waals surface area contributed by atoms with E-state index in [9.17, 15) is 13.5 Å². The summed E-state index contributed by atoms with van der Waals surface area (Å²) in [7, 11) is -1.48. The van der Waals surface area contributed by atoms with Crippen LogP contribution in [0.25, 0.3) is 0 Å². The Morgan fingerprint density at radius 2 is 2.05 bits per heavy atom. The molecule has 7 heteroatoms. The fourth-order valence-corrected chi connectivity index (χ4v) is 4.73. The normalized spacial score (nSPS) is 11.8. The lowest BCUT2D eigenvalue weighted by Gasteiger charge is -2.09. The van der Waals surface area contributed by atoms with Gasteiger partial charge in [-0.2, -0.15) is 0 Å². The summed E-state index contributed by atoms with van der Waals surface area (Å²) in [6, 6.07) is 6.94. The maximum Gasteiger partial charge on any atom is 0.179 e. The van der Waals surface area contributed by atoms with Crippen LogP contribution in [0.1, 0.15) is 19.0 Å². The van der Waals surface area contributed by atoms with E-state index in [1.165, 1.54) is 11.8 Å². The van der Waals surface area contributed by atoms with E-state index in [1.807, 2.05) is 13.0 Å². The van der Waals surface area contributed by atoms with Crippen molar-refractivity contribution in [3.63, 3.8) is 0 Å². The molecule has 0 atom stereocenters. The Labute approximate surface area is 128 Å². The van der Waals surface area contributed by atoms with Crippen LogP contribution < -0.4 is 0 Å². The van der Waals surface area contributed by atoms with Crippen LogP contribution in [0.3, 0.4) is 0 Å². The van der Waals surface area contributed by atoms with Gasteiger partial charge in [0.15, 0.2) is 15.0 Å². The van der Waals surface area contributed by atoms with Gasteiger partial charge in [0.1, 0.15) is 0 Å². The molecule has 0 radical (unpaired) electrons. The molecule has 2 aromatic rings. The maximum atomic E-state index is 12.3. The van der Waals surface area contributed by atoms with Crippen molar-refractivity contribution in [2.75, 3.05) is 5.75 Å². The standard InChI is InChI=1S/C14H18N2O3S2/c1-3-8-21(18,19)13-7-5-4-6-12(13)20-14-15-9-11(10-17)16(14)2/h4-7,9,17H,3,8,10H2,1-2H3. The number of aromatic nitrogens is 2. The van der Waals surface area contributed by atoms with Gasteiger partial charge in [0.25, 0.3) is 0 Å². The van der Waals surface area contributed by atoms with Gasteiger partial charge in [0.05, 0.1) is 29.1 Å². The van der Waals surface area contributed by atoms with Gasteiger partial charge in [-0.3, -0.25) is 0 Å². The average Bonchev–Trinajstić information content (AvgIpc) is 2.80. The minimum absolute atomic E-state index is 0.0974. The Balaban J connectivity index is 2.39. The highest BCUT2D eigenvalue weighted by Gasteiger charge is 2.19. The number of aliphatic hydroxyl groups excluding tert-OH is 1. The van der Waals surface area contributed by atoms with Crippen molar-refractivity contribution in [2.24, 2.45) is 7.05 Å². The number of hydrogen-bond donors (Lipinski definition) is 1. The molecule has 0 aliphatic carbocycles. The van der Waals surface area contributed by atoms with Crippen LogP contribution in [0, 0.1) is 0 Å². The summed E-state index contributed by atoms with van der Waals surface area (Å²) in [5, 5.41) is 9.84. The Bertz CT molecular complexity index is 724. The van der Waals surface area contributed by atoms with Crippen molar-refractivity contribution in [3.05, 3.63) is 36.2 Å². The Morgan fingerprint density at radius 1 is 1.33 bits per heavy atom. The maximum absolute atomic E-state index is 12.3. The molecule has 0 fully saturated rings. The first kappa shape index (κ1) is 16.1. The second-order valence-electron chi connectivity index (χ2n) is 4.62. The zero-order chi connectivity index (χ0) is 15.5. The molecule has 0 aliphatic heterocycles. The molecule has 1 heterocycles. The third-order valence-corrected chi connectivity index (χ3v) is 6.30. The Hall–Kier alpha value is -1.31. The molecule has 114 valence electrons. The molecule has 2 rings (SSSR count). The number of imidazole rings is 1. The van der Waals surface area contributed by atoms with Crippen molar-refractivity contribution >= 4 is 21.6 Å². The van der Waals surface area contributed by atoms with Gasteiger partial charge in [-0.25, -0.2) is 13.4 Å². The predicted octanol–water partition coefficient (Wildman–Crippen LogP) is 2.25. The molecule has 1 aromatic heterocycles. The van der Waals surface area contributed by atoms with Crippen molar-refractivity contribution in [1.29, 1.82) is 0 Å². The van der Waals surface area contributed by atoms with E-state index >= 15 is 0 Å². The van der Waals surface area contributed by atoms with Gasteiger partial charge >= 0.3 is 0 Å². The van der Waals surface area contributed by atoms with Gasteiger partial charge < -0.3 is 9.67 Å². The highest BCUT2D eigenvalue weighted by atomic mass is 32.2. The number of benzene rings is 1. The minimum Gasteiger partial charge on any atom is -0.390 e. The summed E-state index contributed by atoms with van der Waals surface area (Å²) in [6.07, 6.45) is 2.17. The number of sulfone groups is 1. The van der Waals surface area contributed by atoms with E-state index < -0.39 is 9.84 Å². The van der Waals surface area contributed by atoms with Gasteiger partial charge in [-0.1, -0.05) is 30.8 Å². The van der Waals surface area contributed by atoms with E-state index in [-0.39, 0.29) is 12.4 Å². The summed E-state index contributed by atoms with van der Waals surface area (Å²) in [5.41, 5.74) is 0.686. The van der Waals surface area contributed by atoms with Gasteiger partial charge in [-0.05, 0) is 18.6 Å². The third kappa shape index (κ3) is 3.48. The summed E-state index contributed by atoms with van der Waals surface area (Å²) >= 11 is 1.29. The molecule has 0 saturated carbocycles. The number of nitrogens with zero attached hydrogens (tertiary/aromatic N) is 2. The quantitative estimate of drug-likeness (QED) is 0.881. The van der Waals surface area contributed by atoms with E-state index in [4.69, 9.17) is 0 Å². The first-order valence-corrected chi connectivity index (χ1v) is 9.07. The number of aliphatic hydroxyl groups is 1. The topological polar surface area (TPSA) is 72.2 Å². The lowest BCUT2D eigenvalue weighted by Crippen LogP contribution is -2.07. The zero-order valence-electron chi connectivity index (χ0n) is 12.0. The number of rotatable bonds is 6. The summed E-state index contributed by atoms with van der Waals surface area (Å²) < 4.78 is 26.4. The van der Waals surface area contributed by atoms with E-state index in [0.717, 1.165) is 0 Å². The molecular formula is C14H18N2O3S2. The van der Waals surface area contributed by atoms with E-state index in [2.05, 4.69) is 4.98 Å². The first-order chi connectivity index (χ1) is 9.99. The highest BCUT2D eigenvalue weighted by molar-refractivity contribution is 8.00. The minimum atomic E-state index is -3.28. The molecule has 0 amide bonds. The van der Waals surface area contributed by atoms with Crippen LogP contribution in [0.15, 0.2) is 45.4 Å². The van der Waals surface area contributed by atoms with Crippen LogP contribution >= 0.6 is 11.8 Å². The van der Waals surface area contributed by atoms with Gasteiger partial charge in [0.2, 0.25) is 0 Å². The van der Waals surface area contributed by atoms with Crippen molar-refractivity contribution in [2.45, 2.75) is 34.9 Å². The van der Waals surface area contributed by atoms with E-state index in [0.29, 0.717) is 27.1 Å². The van der Waals surface area contributed by atoms with Gasteiger partial charge in [0, 0.05) is 11.9 Å². The monoisotopic (exact) mass is 326 g/mol. The van der Waals surface area contributed by atoms with E-state index in [1.54, 1.807) is 36.0 Å². The molecule has 0 spiro atoms. The lowest BCUT2D eigenvalue weighted by molar-refractivity contribution is 0.271. The predicted molar refractivity (Wildman–Crippen MR) is 82.0 cm³/mol. The zero-order valence-corrected chi connectivity index (χ0v) is 13.6. The molecule has 0 unspecified atom stereocenters. The van der Waals surface area contributed by atoms with Gasteiger partial charge in [-0.15, -0.1) is 0 Å². The summed E-state index contributed by atoms with van der Waals surface area (Å²) in [6.45, 7) is 1.75. The van der Waals surface area contributed by atoms with Crippen LogP contribution in [0.2, 0.25) is 0 Å². The van der Waals surface area contributed by atoms with Crippen LogP contribution in [0.5, 0.6) is 0 Å². The highest BCUT2D eigenvalue weighted by Crippen LogP contribution is 2.32. The molecular weight excluding hydrogens is 308 g/mol. The molecule has 1 N–H and O–H groups in total. The fourth-order valence-electron chi connectivity index (χ4n) is 1.94. The third-order valence-electron chi connectivity index (χ3n) is 3.06. The van der Waals surface area contributed by atoms with Crippen LogP contribution in [-0.2, 0) is 23.5 Å². The number of hydrogen-bond acceptors (Lipinski definition) is 5. The smallest absolute Gasteiger partial charge is 0.179 e. The lowest BCUT2D eigenvalue weighted by atomic mass is 10.4. The molecule has 5 nitrogen and oxygen atoms in total. The molecule has 1 aromatic carbocycles. The van der Waals surface area contributed by atoms with Crippen LogP contribution in [0.4, 0.5) is 0 Å². The summed E-state index contributed by atoms with van der Waals surface area (Å²) in [4.78, 5) is 5.22. The van der Waals surface area contributed by atoms with Crippen molar-refractivity contribution in [1.82, 2.24) is 9.55 Å². The SMILES string of the molecule is CCCS(=O)(=O)c1ccccc1Sc1ncc(CO)n1C. The Morgan fingerprint density at radius 3 is 2.67 bits per heavy atom.